The molecule has 0 aliphatic carbocycles. The van der Waals surface area contributed by atoms with E-state index in [9.17, 15) is 14.7 Å². The number of aliphatic hydroxyl groups is 1. The van der Waals surface area contributed by atoms with Gasteiger partial charge in [-0.25, -0.2) is 0 Å². The van der Waals surface area contributed by atoms with Crippen LogP contribution in [0.15, 0.2) is 11.8 Å². The third-order valence-corrected chi connectivity index (χ3v) is 3.31. The summed E-state index contributed by atoms with van der Waals surface area (Å²) >= 11 is 0. The van der Waals surface area contributed by atoms with Gasteiger partial charge < -0.3 is 19.7 Å². The van der Waals surface area contributed by atoms with Gasteiger partial charge in [-0.3, -0.25) is 9.59 Å². The van der Waals surface area contributed by atoms with E-state index in [1.54, 1.807) is 7.11 Å². The van der Waals surface area contributed by atoms with Gasteiger partial charge in [0.25, 0.3) is 0 Å². The Hall–Kier alpha value is -1.40. The molecule has 0 aliphatic rings. The molecule has 23 heavy (non-hydrogen) atoms. The highest BCUT2D eigenvalue weighted by Gasteiger charge is 2.02. The van der Waals surface area contributed by atoms with E-state index in [0.717, 1.165) is 38.5 Å². The van der Waals surface area contributed by atoms with Crippen LogP contribution in [0.5, 0.6) is 0 Å². The fourth-order valence-electron chi connectivity index (χ4n) is 2.09. The van der Waals surface area contributed by atoms with Crippen molar-refractivity contribution in [1.29, 1.82) is 0 Å². The highest BCUT2D eigenvalue weighted by atomic mass is 16.7. The molecule has 0 aromatic heterocycles. The molecule has 134 valence electrons. The molecule has 6 nitrogen and oxygen atoms in total. The molecule has 0 spiro atoms. The van der Waals surface area contributed by atoms with Gasteiger partial charge in [-0.1, -0.05) is 19.3 Å². The summed E-state index contributed by atoms with van der Waals surface area (Å²) in [5, 5.41) is 18.2. The van der Waals surface area contributed by atoms with Crippen LogP contribution in [0.4, 0.5) is 0 Å². The molecule has 0 rings (SSSR count). The van der Waals surface area contributed by atoms with Crippen molar-refractivity contribution >= 4 is 11.8 Å². The maximum atomic E-state index is 11.7. The van der Waals surface area contributed by atoms with Gasteiger partial charge in [0.15, 0.2) is 5.78 Å². The third kappa shape index (κ3) is 16.8. The average molecular weight is 330 g/mol. The van der Waals surface area contributed by atoms with E-state index in [0.29, 0.717) is 25.9 Å². The summed E-state index contributed by atoms with van der Waals surface area (Å²) in [6.45, 7) is 0.855. The lowest BCUT2D eigenvalue weighted by atomic mass is 10.1. The zero-order chi connectivity index (χ0) is 17.3. The first-order chi connectivity index (χ1) is 11.1. The smallest absolute Gasteiger partial charge is 0.303 e. The average Bonchev–Trinajstić information content (AvgIpc) is 2.49. The topological polar surface area (TPSA) is 93.1 Å². The normalized spacial score (nSPS) is 11.6. The Morgan fingerprint density at radius 1 is 0.870 bits per heavy atom. The van der Waals surface area contributed by atoms with Crippen LogP contribution in [0.25, 0.3) is 0 Å². The molecule has 0 bridgehead atoms. The Kier molecular flexibility index (Phi) is 14.6. The fraction of sp³-hybridized carbons (Fsp3) is 0.765. The monoisotopic (exact) mass is 330 g/mol. The maximum absolute atomic E-state index is 11.7. The Labute approximate surface area is 138 Å². The summed E-state index contributed by atoms with van der Waals surface area (Å²) < 4.78 is 9.88. The van der Waals surface area contributed by atoms with Gasteiger partial charge in [-0.05, 0) is 25.7 Å². The number of carboxylic acids is 1. The third-order valence-electron chi connectivity index (χ3n) is 3.31. The van der Waals surface area contributed by atoms with Crippen molar-refractivity contribution in [1.82, 2.24) is 0 Å². The molecule has 0 saturated heterocycles. The summed E-state index contributed by atoms with van der Waals surface area (Å²) in [5.74, 6) is -0.682. The van der Waals surface area contributed by atoms with E-state index in [1.807, 2.05) is 0 Å². The van der Waals surface area contributed by atoms with E-state index in [4.69, 9.17) is 14.6 Å². The second-order valence-electron chi connectivity index (χ2n) is 5.54. The van der Waals surface area contributed by atoms with Crippen LogP contribution in [0.3, 0.4) is 0 Å². The first-order valence-corrected chi connectivity index (χ1v) is 8.27. The largest absolute Gasteiger partial charge is 0.512 e. The van der Waals surface area contributed by atoms with Crippen molar-refractivity contribution in [2.24, 2.45) is 0 Å². The predicted octanol–water partition coefficient (Wildman–Crippen LogP) is 3.60. The minimum atomic E-state index is -0.758. The number of aliphatic carboxylic acids is 1. The zero-order valence-corrected chi connectivity index (χ0v) is 14.1. The minimum Gasteiger partial charge on any atom is -0.512 e. The van der Waals surface area contributed by atoms with Gasteiger partial charge >= 0.3 is 5.97 Å². The molecular formula is C17H30O6. The zero-order valence-electron chi connectivity index (χ0n) is 14.1. The van der Waals surface area contributed by atoms with Crippen molar-refractivity contribution in [2.45, 2.75) is 64.2 Å². The Bertz CT molecular complexity index is 351. The van der Waals surface area contributed by atoms with Crippen molar-refractivity contribution in [2.75, 3.05) is 20.5 Å². The number of unbranched alkanes of at least 4 members (excludes halogenated alkanes) is 5. The van der Waals surface area contributed by atoms with Crippen molar-refractivity contribution in [3.63, 3.8) is 0 Å². The van der Waals surface area contributed by atoms with E-state index >= 15 is 0 Å². The molecule has 0 aromatic rings. The van der Waals surface area contributed by atoms with Gasteiger partial charge in [-0.2, -0.15) is 0 Å². The van der Waals surface area contributed by atoms with Crippen LogP contribution in [0.1, 0.15) is 64.2 Å². The molecule has 0 aromatic carbocycles. The van der Waals surface area contributed by atoms with Crippen molar-refractivity contribution < 1.29 is 29.3 Å². The molecular weight excluding hydrogens is 300 g/mol. The van der Waals surface area contributed by atoms with Crippen molar-refractivity contribution in [3.8, 4) is 0 Å². The fourth-order valence-corrected chi connectivity index (χ4v) is 2.09. The van der Waals surface area contributed by atoms with Crippen molar-refractivity contribution in [3.05, 3.63) is 11.8 Å². The number of hydrogen-bond donors (Lipinski definition) is 2. The van der Waals surface area contributed by atoms with Gasteiger partial charge in [0.2, 0.25) is 0 Å². The number of methoxy groups -OCH3 is 1. The molecule has 0 aliphatic heterocycles. The quantitative estimate of drug-likeness (QED) is 0.194. The molecule has 0 unspecified atom stereocenters. The lowest BCUT2D eigenvalue weighted by Gasteiger charge is -2.03. The Balaban J connectivity index is 3.53. The highest BCUT2D eigenvalue weighted by Crippen LogP contribution is 2.09. The SMILES string of the molecule is COCOCCCC/C(O)=C/C(=O)CCCCCCCC(=O)O. The number of aliphatic hydroxyl groups excluding tert-OH is 1. The maximum Gasteiger partial charge on any atom is 0.303 e. The molecule has 2 N–H and O–H groups in total. The number of carbonyl (C=O) groups is 2. The van der Waals surface area contributed by atoms with Gasteiger partial charge in [0, 0.05) is 39.1 Å². The summed E-state index contributed by atoms with van der Waals surface area (Å²) in [6.07, 6.45) is 8.23. The second-order valence-corrected chi connectivity index (χ2v) is 5.54. The first-order valence-electron chi connectivity index (χ1n) is 8.27. The highest BCUT2D eigenvalue weighted by molar-refractivity contribution is 5.89. The standard InChI is InChI=1S/C17H30O6/c1-22-14-23-12-8-7-10-16(19)13-15(18)9-5-3-2-4-6-11-17(20)21/h13,19H,2-12,14H2,1H3,(H,20,21)/b16-13-. The summed E-state index contributed by atoms with van der Waals surface area (Å²) in [4.78, 5) is 22.0. The Morgan fingerprint density at radius 3 is 2.13 bits per heavy atom. The molecule has 0 fully saturated rings. The van der Waals surface area contributed by atoms with E-state index < -0.39 is 5.97 Å². The van der Waals surface area contributed by atoms with Gasteiger partial charge in [0.1, 0.15) is 6.79 Å². The number of carbonyl (C=O) groups excluding carboxylic acids is 1. The number of ether oxygens (including phenoxy) is 2. The number of hydrogen-bond acceptors (Lipinski definition) is 5. The number of carboxylic acid groups (broad SMARTS) is 1. The molecule has 0 radical (unpaired) electrons. The molecule has 6 heteroatoms. The van der Waals surface area contributed by atoms with E-state index in [-0.39, 0.29) is 24.8 Å². The lowest BCUT2D eigenvalue weighted by Crippen LogP contribution is -1.99. The van der Waals surface area contributed by atoms with Crippen LogP contribution in [-0.2, 0) is 19.1 Å². The van der Waals surface area contributed by atoms with E-state index in [1.165, 1.54) is 6.08 Å². The molecule has 0 atom stereocenters. The Morgan fingerprint density at radius 2 is 1.48 bits per heavy atom. The molecule has 0 saturated carbocycles. The number of ketones is 1. The predicted molar refractivity (Wildman–Crippen MR) is 87.4 cm³/mol. The number of allylic oxidation sites excluding steroid dienone is 2. The molecule has 0 heterocycles. The van der Waals surface area contributed by atoms with Crippen LogP contribution in [-0.4, -0.2) is 42.5 Å². The van der Waals surface area contributed by atoms with Gasteiger partial charge in [-0.15, -0.1) is 0 Å². The summed E-state index contributed by atoms with van der Waals surface area (Å²) in [7, 11) is 1.57. The minimum absolute atomic E-state index is 0.0522. The second kappa shape index (κ2) is 15.5. The summed E-state index contributed by atoms with van der Waals surface area (Å²) in [6, 6.07) is 0. The van der Waals surface area contributed by atoms with E-state index in [2.05, 4.69) is 0 Å². The van der Waals surface area contributed by atoms with Crippen LogP contribution < -0.4 is 0 Å². The molecule has 0 amide bonds. The lowest BCUT2D eigenvalue weighted by molar-refractivity contribution is -0.137. The van der Waals surface area contributed by atoms with Crippen LogP contribution >= 0.6 is 0 Å². The van der Waals surface area contributed by atoms with Gasteiger partial charge in [0.05, 0.1) is 5.76 Å². The van der Waals surface area contributed by atoms with Crippen LogP contribution in [0, 0.1) is 0 Å². The first kappa shape index (κ1) is 21.6. The number of rotatable bonds is 16. The van der Waals surface area contributed by atoms with Crippen LogP contribution in [0.2, 0.25) is 0 Å². The summed E-state index contributed by atoms with van der Waals surface area (Å²) in [5.41, 5.74) is 0.